The summed E-state index contributed by atoms with van der Waals surface area (Å²) < 4.78 is 0. The second-order valence-corrected chi connectivity index (χ2v) is 8.74. The average molecular weight is 367 g/mol. The number of hydrogen-bond acceptors (Lipinski definition) is 5. The monoisotopic (exact) mass is 367 g/mol. The van der Waals surface area contributed by atoms with Crippen molar-refractivity contribution >= 4 is 29.2 Å². The molecule has 138 valence electrons. The third kappa shape index (κ3) is 3.85. The summed E-state index contributed by atoms with van der Waals surface area (Å²) in [4.78, 5) is 39.8. The summed E-state index contributed by atoms with van der Waals surface area (Å²) in [5.74, 6) is -1.10. The van der Waals surface area contributed by atoms with Gasteiger partial charge in [-0.2, -0.15) is 0 Å². The van der Waals surface area contributed by atoms with Gasteiger partial charge >= 0.3 is 6.03 Å². The Morgan fingerprint density at radius 1 is 1.44 bits per heavy atom. The summed E-state index contributed by atoms with van der Waals surface area (Å²) in [5.41, 5.74) is -1.94. The van der Waals surface area contributed by atoms with Crippen molar-refractivity contribution in [2.45, 2.75) is 58.7 Å². The molecule has 0 radical (unpaired) electrons. The third-order valence-electron chi connectivity index (χ3n) is 4.29. The van der Waals surface area contributed by atoms with E-state index < -0.39 is 35.5 Å². The van der Waals surface area contributed by atoms with Gasteiger partial charge in [-0.25, -0.2) is 4.79 Å². The first-order valence-electron chi connectivity index (χ1n) is 8.09. The van der Waals surface area contributed by atoms with Crippen LogP contribution < -0.4 is 10.6 Å². The number of aryl methyl sites for hydroxylation is 2. The Morgan fingerprint density at radius 2 is 2.04 bits per heavy atom. The van der Waals surface area contributed by atoms with Crippen molar-refractivity contribution in [3.05, 3.63) is 21.4 Å². The number of thiophene rings is 1. The molecule has 1 aliphatic heterocycles. The lowest BCUT2D eigenvalue weighted by molar-refractivity contribution is -0.143. The fraction of sp³-hybridized carbons (Fsp3) is 0.588. The maximum Gasteiger partial charge on any atom is 0.325 e. The van der Waals surface area contributed by atoms with E-state index in [0.717, 1.165) is 20.2 Å². The molecule has 0 saturated carbocycles. The molecule has 8 heteroatoms. The quantitative estimate of drug-likeness (QED) is 0.689. The normalized spacial score (nSPS) is 20.2. The molecule has 2 rings (SSSR count). The van der Waals surface area contributed by atoms with E-state index in [-0.39, 0.29) is 6.04 Å². The highest BCUT2D eigenvalue weighted by Gasteiger charge is 2.48. The van der Waals surface area contributed by atoms with Crippen LogP contribution in [0.15, 0.2) is 6.07 Å². The molecule has 0 aliphatic carbocycles. The van der Waals surface area contributed by atoms with Crippen LogP contribution in [0.2, 0.25) is 0 Å². The fourth-order valence-corrected chi connectivity index (χ4v) is 3.87. The molecule has 1 fully saturated rings. The van der Waals surface area contributed by atoms with Gasteiger partial charge in [0.25, 0.3) is 11.8 Å². The number of amides is 4. The summed E-state index contributed by atoms with van der Waals surface area (Å²) in [6.07, 6.45) is 0. The molecule has 0 unspecified atom stereocenters. The number of urea groups is 1. The number of imide groups is 1. The van der Waals surface area contributed by atoms with E-state index >= 15 is 0 Å². The summed E-state index contributed by atoms with van der Waals surface area (Å²) in [6, 6.07) is 1.10. The number of β-amino-alcohol motifs (C(OH)–C–C–N with tert-alkyl or cyclic N) is 1. The van der Waals surface area contributed by atoms with Crippen LogP contribution >= 0.6 is 11.3 Å². The first-order valence-corrected chi connectivity index (χ1v) is 8.91. The Morgan fingerprint density at radius 3 is 2.48 bits per heavy atom. The first kappa shape index (κ1) is 19.4. The summed E-state index contributed by atoms with van der Waals surface area (Å²) in [5, 5.41) is 15.8. The Kier molecular flexibility index (Phi) is 4.98. The van der Waals surface area contributed by atoms with Crippen LogP contribution in [0.1, 0.15) is 49.1 Å². The first-order chi connectivity index (χ1) is 11.3. The van der Waals surface area contributed by atoms with Gasteiger partial charge in [0.15, 0.2) is 5.60 Å². The van der Waals surface area contributed by atoms with Gasteiger partial charge in [0.05, 0.1) is 12.6 Å². The van der Waals surface area contributed by atoms with Crippen molar-refractivity contribution in [3.8, 4) is 0 Å². The van der Waals surface area contributed by atoms with Crippen LogP contribution in [-0.4, -0.2) is 45.5 Å². The Balaban J connectivity index is 2.09. The minimum atomic E-state index is -1.89. The summed E-state index contributed by atoms with van der Waals surface area (Å²) in [7, 11) is 0. The van der Waals surface area contributed by atoms with Crippen molar-refractivity contribution in [1.29, 1.82) is 0 Å². The third-order valence-corrected chi connectivity index (χ3v) is 5.27. The SMILES string of the molecule is Cc1cc([C@@H](C)NC(=O)[C@](C)(O)CN2C(=O)NC(C)(C)C2=O)c(C)s1. The maximum atomic E-state index is 12.5. The predicted molar refractivity (Wildman–Crippen MR) is 95.3 cm³/mol. The molecule has 0 bridgehead atoms. The van der Waals surface area contributed by atoms with Crippen LogP contribution in [-0.2, 0) is 9.59 Å². The minimum Gasteiger partial charge on any atom is -0.378 e. The zero-order valence-corrected chi connectivity index (χ0v) is 16.2. The second kappa shape index (κ2) is 6.42. The molecule has 1 aromatic rings. The molecular weight excluding hydrogens is 342 g/mol. The van der Waals surface area contributed by atoms with Crippen LogP contribution in [0, 0.1) is 13.8 Å². The number of nitrogens with zero attached hydrogens (tertiary/aromatic N) is 1. The van der Waals surface area contributed by atoms with Crippen molar-refractivity contribution in [3.63, 3.8) is 0 Å². The topological polar surface area (TPSA) is 98.7 Å². The number of nitrogens with one attached hydrogen (secondary N) is 2. The molecule has 2 heterocycles. The summed E-state index contributed by atoms with van der Waals surface area (Å²) in [6.45, 7) is 9.85. The number of hydrogen-bond donors (Lipinski definition) is 3. The number of aliphatic hydroxyl groups is 1. The zero-order chi connectivity index (χ0) is 19.2. The molecule has 1 saturated heterocycles. The highest BCUT2D eigenvalue weighted by molar-refractivity contribution is 7.12. The summed E-state index contributed by atoms with van der Waals surface area (Å²) >= 11 is 1.64. The van der Waals surface area contributed by atoms with Crippen LogP contribution in [0.3, 0.4) is 0 Å². The van der Waals surface area contributed by atoms with Crippen LogP contribution in [0.25, 0.3) is 0 Å². The van der Waals surface area contributed by atoms with Gasteiger partial charge in [0.1, 0.15) is 5.54 Å². The van der Waals surface area contributed by atoms with E-state index in [1.54, 1.807) is 25.2 Å². The van der Waals surface area contributed by atoms with E-state index in [2.05, 4.69) is 10.6 Å². The van der Waals surface area contributed by atoms with Gasteiger partial charge in [0, 0.05) is 9.75 Å². The van der Waals surface area contributed by atoms with Gasteiger partial charge in [-0.05, 0) is 53.2 Å². The van der Waals surface area contributed by atoms with Gasteiger partial charge in [0.2, 0.25) is 0 Å². The lowest BCUT2D eigenvalue weighted by Crippen LogP contribution is -2.54. The molecule has 1 aliphatic rings. The molecular formula is C17H25N3O4S. The zero-order valence-electron chi connectivity index (χ0n) is 15.4. The molecule has 25 heavy (non-hydrogen) atoms. The lowest BCUT2D eigenvalue weighted by Gasteiger charge is -2.28. The Hall–Kier alpha value is -1.93. The van der Waals surface area contributed by atoms with Crippen molar-refractivity contribution in [2.24, 2.45) is 0 Å². The van der Waals surface area contributed by atoms with Crippen molar-refractivity contribution < 1.29 is 19.5 Å². The lowest BCUT2D eigenvalue weighted by atomic mass is 10.0. The molecule has 7 nitrogen and oxygen atoms in total. The minimum absolute atomic E-state index is 0.288. The molecule has 3 N–H and O–H groups in total. The van der Waals surface area contributed by atoms with E-state index in [1.165, 1.54) is 6.92 Å². The Bertz CT molecular complexity index is 723. The molecule has 0 aromatic carbocycles. The van der Waals surface area contributed by atoms with E-state index in [0.29, 0.717) is 0 Å². The van der Waals surface area contributed by atoms with Gasteiger partial charge < -0.3 is 15.7 Å². The number of carbonyl (C=O) groups excluding carboxylic acids is 3. The fourth-order valence-electron chi connectivity index (χ4n) is 2.85. The van der Waals surface area contributed by atoms with E-state index in [9.17, 15) is 19.5 Å². The molecule has 4 amide bonds. The number of carbonyl (C=O) groups is 3. The molecule has 1 aromatic heterocycles. The van der Waals surface area contributed by atoms with Gasteiger partial charge in [-0.1, -0.05) is 0 Å². The largest absolute Gasteiger partial charge is 0.378 e. The van der Waals surface area contributed by atoms with Crippen LogP contribution in [0.5, 0.6) is 0 Å². The molecule has 0 spiro atoms. The highest BCUT2D eigenvalue weighted by Crippen LogP contribution is 2.27. The molecule has 2 atom stereocenters. The van der Waals surface area contributed by atoms with E-state index in [1.807, 2.05) is 26.8 Å². The average Bonchev–Trinajstić information content (AvgIpc) is 2.90. The highest BCUT2D eigenvalue weighted by atomic mass is 32.1. The van der Waals surface area contributed by atoms with Gasteiger partial charge in [-0.15, -0.1) is 11.3 Å². The van der Waals surface area contributed by atoms with E-state index in [4.69, 9.17) is 0 Å². The van der Waals surface area contributed by atoms with Crippen LogP contribution in [0.4, 0.5) is 4.79 Å². The second-order valence-electron chi connectivity index (χ2n) is 7.28. The maximum absolute atomic E-state index is 12.5. The predicted octanol–water partition coefficient (Wildman–Crippen LogP) is 1.62. The standard InChI is InChI=1S/C17H25N3O4S/c1-9-7-12(11(3)25-9)10(2)18-13(21)17(6,24)8-20-14(22)16(4,5)19-15(20)23/h7,10,24H,8H2,1-6H3,(H,18,21)(H,19,23)/t10-,17-/m1/s1. The smallest absolute Gasteiger partial charge is 0.325 e. The van der Waals surface area contributed by atoms with Crippen molar-refractivity contribution in [1.82, 2.24) is 15.5 Å². The van der Waals surface area contributed by atoms with Gasteiger partial charge in [-0.3, -0.25) is 14.5 Å². The Labute approximate surface area is 151 Å². The number of rotatable bonds is 5. The van der Waals surface area contributed by atoms with Crippen molar-refractivity contribution in [2.75, 3.05) is 6.54 Å².